The molecule has 0 saturated carbocycles. The van der Waals surface area contributed by atoms with Crippen molar-refractivity contribution in [3.63, 3.8) is 0 Å². The predicted molar refractivity (Wildman–Crippen MR) is 91.2 cm³/mol. The Morgan fingerprint density at radius 2 is 1.86 bits per heavy atom. The molecule has 4 nitrogen and oxygen atoms in total. The van der Waals surface area contributed by atoms with E-state index in [1.807, 2.05) is 34.3 Å². The number of nitrogens with one attached hydrogen (secondary N) is 1. The molecule has 0 aliphatic carbocycles. The molecule has 0 aliphatic heterocycles. The first kappa shape index (κ1) is 15.0. The first-order valence-electron chi connectivity index (χ1n) is 6.29. The van der Waals surface area contributed by atoms with Crippen LogP contribution in [0.5, 0.6) is 0 Å². The van der Waals surface area contributed by atoms with Crippen molar-refractivity contribution in [1.82, 2.24) is 0 Å². The summed E-state index contributed by atoms with van der Waals surface area (Å²) in [5.41, 5.74) is 1.19. The Kier molecular flexibility index (Phi) is 4.37. The number of hydrogen-bond donors (Lipinski definition) is 1. The molecule has 3 heterocycles. The molecule has 0 aromatic carbocycles. The molecule has 3 aromatic rings. The molecule has 0 bridgehead atoms. The third-order valence-corrected chi connectivity index (χ3v) is 5.61. The van der Waals surface area contributed by atoms with E-state index < -0.39 is 5.97 Å². The Balaban J connectivity index is 1.98. The van der Waals surface area contributed by atoms with Gasteiger partial charge in [0.15, 0.2) is 0 Å². The van der Waals surface area contributed by atoms with Gasteiger partial charge in [-0.15, -0.1) is 34.0 Å². The lowest BCUT2D eigenvalue weighted by molar-refractivity contribution is 0.0603. The van der Waals surface area contributed by atoms with Crippen LogP contribution in [0, 0.1) is 0 Å². The van der Waals surface area contributed by atoms with Crippen LogP contribution in [-0.4, -0.2) is 19.0 Å². The van der Waals surface area contributed by atoms with Crippen LogP contribution in [-0.2, 0) is 4.74 Å². The molecule has 0 radical (unpaired) electrons. The maximum Gasteiger partial charge on any atom is 0.341 e. The largest absolute Gasteiger partial charge is 0.465 e. The van der Waals surface area contributed by atoms with Crippen LogP contribution in [0.2, 0.25) is 0 Å². The lowest BCUT2D eigenvalue weighted by Crippen LogP contribution is -2.12. The van der Waals surface area contributed by atoms with Crippen molar-refractivity contribution in [3.8, 4) is 10.4 Å². The van der Waals surface area contributed by atoms with Crippen molar-refractivity contribution >= 4 is 50.9 Å². The second kappa shape index (κ2) is 6.43. The van der Waals surface area contributed by atoms with E-state index in [9.17, 15) is 9.59 Å². The van der Waals surface area contributed by atoms with Crippen molar-refractivity contribution in [2.45, 2.75) is 0 Å². The average molecular weight is 349 g/mol. The van der Waals surface area contributed by atoms with Crippen LogP contribution in [0.4, 0.5) is 5.00 Å². The standard InChI is InChI=1S/C15H11NO3S3/c1-19-15(18)12-9(10-4-2-6-20-10)8-22-14(12)16-13(17)11-5-3-7-21-11/h2-8H,1H3,(H,16,17). The minimum atomic E-state index is -0.453. The van der Waals surface area contributed by atoms with Gasteiger partial charge in [0.25, 0.3) is 5.91 Å². The third-order valence-electron chi connectivity index (χ3n) is 2.94. The number of hydrogen-bond acceptors (Lipinski definition) is 6. The van der Waals surface area contributed by atoms with Crippen molar-refractivity contribution < 1.29 is 14.3 Å². The number of rotatable bonds is 4. The first-order chi connectivity index (χ1) is 10.7. The molecule has 0 unspecified atom stereocenters. The number of esters is 1. The van der Waals surface area contributed by atoms with Gasteiger partial charge in [0, 0.05) is 15.8 Å². The molecule has 3 rings (SSSR count). The van der Waals surface area contributed by atoms with E-state index in [4.69, 9.17) is 4.74 Å². The van der Waals surface area contributed by atoms with Crippen LogP contribution in [0.3, 0.4) is 0 Å². The topological polar surface area (TPSA) is 55.4 Å². The third kappa shape index (κ3) is 2.83. The normalized spacial score (nSPS) is 10.4. The number of anilines is 1. The maximum absolute atomic E-state index is 12.2. The number of ether oxygens (including phenoxy) is 1. The lowest BCUT2D eigenvalue weighted by atomic mass is 10.1. The Labute approximate surface area is 139 Å². The quantitative estimate of drug-likeness (QED) is 0.702. The van der Waals surface area contributed by atoms with Crippen LogP contribution < -0.4 is 5.32 Å². The molecule has 0 fully saturated rings. The maximum atomic E-state index is 12.2. The van der Waals surface area contributed by atoms with E-state index in [0.717, 1.165) is 10.4 Å². The Morgan fingerprint density at radius 3 is 2.50 bits per heavy atom. The molecular formula is C15H11NO3S3. The minimum absolute atomic E-state index is 0.222. The second-order valence-corrected chi connectivity index (χ2v) is 7.03. The molecular weight excluding hydrogens is 338 g/mol. The molecule has 3 aromatic heterocycles. The van der Waals surface area contributed by atoms with Crippen LogP contribution in [0.15, 0.2) is 40.4 Å². The number of thiophene rings is 3. The first-order valence-corrected chi connectivity index (χ1v) is 8.93. The monoisotopic (exact) mass is 349 g/mol. The van der Waals surface area contributed by atoms with Crippen molar-refractivity contribution in [3.05, 3.63) is 50.8 Å². The Bertz CT molecular complexity index is 788. The smallest absolute Gasteiger partial charge is 0.341 e. The molecule has 22 heavy (non-hydrogen) atoms. The van der Waals surface area contributed by atoms with E-state index in [1.165, 1.54) is 41.1 Å². The van der Waals surface area contributed by atoms with Gasteiger partial charge >= 0.3 is 5.97 Å². The zero-order chi connectivity index (χ0) is 15.5. The van der Waals surface area contributed by atoms with E-state index in [-0.39, 0.29) is 5.91 Å². The molecule has 0 saturated heterocycles. The molecule has 0 spiro atoms. The summed E-state index contributed by atoms with van der Waals surface area (Å²) >= 11 is 4.21. The van der Waals surface area contributed by atoms with Crippen molar-refractivity contribution in [1.29, 1.82) is 0 Å². The fourth-order valence-electron chi connectivity index (χ4n) is 1.94. The predicted octanol–water partition coefficient (Wildman–Crippen LogP) is 4.58. The van der Waals surface area contributed by atoms with Crippen LogP contribution in [0.25, 0.3) is 10.4 Å². The van der Waals surface area contributed by atoms with Gasteiger partial charge in [-0.1, -0.05) is 12.1 Å². The molecule has 112 valence electrons. The molecule has 0 atom stereocenters. The summed E-state index contributed by atoms with van der Waals surface area (Å²) in [7, 11) is 1.34. The van der Waals surface area contributed by atoms with E-state index >= 15 is 0 Å². The van der Waals surface area contributed by atoms with Crippen molar-refractivity contribution in [2.24, 2.45) is 0 Å². The minimum Gasteiger partial charge on any atom is -0.465 e. The lowest BCUT2D eigenvalue weighted by Gasteiger charge is -2.06. The van der Waals surface area contributed by atoms with Crippen molar-refractivity contribution in [2.75, 3.05) is 12.4 Å². The zero-order valence-corrected chi connectivity index (χ0v) is 13.9. The summed E-state index contributed by atoms with van der Waals surface area (Å²) in [5.74, 6) is -0.675. The summed E-state index contributed by atoms with van der Waals surface area (Å²) in [6.45, 7) is 0. The number of carbonyl (C=O) groups is 2. The number of methoxy groups -OCH3 is 1. The van der Waals surface area contributed by atoms with Crippen LogP contribution >= 0.6 is 34.0 Å². The molecule has 0 aliphatic rings. The van der Waals surface area contributed by atoms with E-state index in [2.05, 4.69) is 5.32 Å². The molecule has 1 N–H and O–H groups in total. The highest BCUT2D eigenvalue weighted by molar-refractivity contribution is 7.17. The summed E-state index contributed by atoms with van der Waals surface area (Å²) in [4.78, 5) is 25.9. The van der Waals surface area contributed by atoms with E-state index in [1.54, 1.807) is 6.07 Å². The number of amides is 1. The highest BCUT2D eigenvalue weighted by Crippen LogP contribution is 2.38. The van der Waals surface area contributed by atoms with Gasteiger partial charge in [-0.25, -0.2) is 4.79 Å². The summed E-state index contributed by atoms with van der Waals surface area (Å²) in [6, 6.07) is 7.41. The summed E-state index contributed by atoms with van der Waals surface area (Å²) < 4.78 is 4.87. The van der Waals surface area contributed by atoms with Gasteiger partial charge < -0.3 is 10.1 Å². The fraction of sp³-hybridized carbons (Fsp3) is 0.0667. The van der Waals surface area contributed by atoms with E-state index in [0.29, 0.717) is 15.4 Å². The average Bonchev–Trinajstić information content (AvgIpc) is 3.26. The van der Waals surface area contributed by atoms with Crippen LogP contribution in [0.1, 0.15) is 20.0 Å². The Morgan fingerprint density at radius 1 is 1.09 bits per heavy atom. The van der Waals surface area contributed by atoms with Gasteiger partial charge in [-0.2, -0.15) is 0 Å². The highest BCUT2D eigenvalue weighted by atomic mass is 32.1. The molecule has 1 amide bonds. The van der Waals surface area contributed by atoms with Gasteiger partial charge in [0.2, 0.25) is 0 Å². The second-order valence-electron chi connectivity index (χ2n) is 4.25. The van der Waals surface area contributed by atoms with Gasteiger partial charge in [0.1, 0.15) is 10.6 Å². The van der Waals surface area contributed by atoms with Gasteiger partial charge in [-0.05, 0) is 22.9 Å². The highest BCUT2D eigenvalue weighted by Gasteiger charge is 2.23. The zero-order valence-electron chi connectivity index (χ0n) is 11.5. The number of carbonyl (C=O) groups excluding carboxylic acids is 2. The summed E-state index contributed by atoms with van der Waals surface area (Å²) in [6.07, 6.45) is 0. The molecule has 7 heteroatoms. The van der Waals surface area contributed by atoms with Gasteiger partial charge in [0.05, 0.1) is 12.0 Å². The summed E-state index contributed by atoms with van der Waals surface area (Å²) in [5, 5.41) is 8.95. The Hall–Kier alpha value is -1.96. The van der Waals surface area contributed by atoms with Gasteiger partial charge in [-0.3, -0.25) is 4.79 Å². The SMILES string of the molecule is COC(=O)c1c(-c2cccs2)csc1NC(=O)c1cccs1. The fourth-order valence-corrected chi connectivity index (χ4v) is 4.33.